The molecule has 25 heavy (non-hydrogen) atoms. The third-order valence-corrected chi connectivity index (χ3v) is 4.83. The lowest BCUT2D eigenvalue weighted by molar-refractivity contribution is -0.141. The van der Waals surface area contributed by atoms with Gasteiger partial charge in [0, 0.05) is 25.5 Å². The van der Waals surface area contributed by atoms with E-state index >= 15 is 0 Å². The van der Waals surface area contributed by atoms with Crippen molar-refractivity contribution in [3.63, 3.8) is 0 Å². The Bertz CT molecular complexity index is 586. The molecule has 1 aromatic heterocycles. The number of carbonyl (C=O) groups excluding carboxylic acids is 1. The van der Waals surface area contributed by atoms with Gasteiger partial charge in [-0.2, -0.15) is 13.2 Å². The van der Waals surface area contributed by atoms with Crippen LogP contribution in [0.2, 0.25) is 0 Å². The lowest BCUT2D eigenvalue weighted by Gasteiger charge is -2.39. The average Bonchev–Trinajstić information content (AvgIpc) is 2.94. The van der Waals surface area contributed by atoms with Crippen LogP contribution in [0.1, 0.15) is 25.1 Å². The number of aromatic nitrogens is 2. The maximum absolute atomic E-state index is 12.5. The van der Waals surface area contributed by atoms with Gasteiger partial charge in [0.05, 0.1) is 19.8 Å². The van der Waals surface area contributed by atoms with Gasteiger partial charge in [-0.15, -0.1) is 0 Å². The van der Waals surface area contributed by atoms with Crippen LogP contribution in [0.4, 0.5) is 13.2 Å². The average molecular weight is 360 g/mol. The van der Waals surface area contributed by atoms with Crippen LogP contribution in [0.15, 0.2) is 12.4 Å². The number of nitrogens with zero attached hydrogens (tertiary/aromatic N) is 3. The summed E-state index contributed by atoms with van der Waals surface area (Å²) in [5, 5.41) is 2.71. The van der Waals surface area contributed by atoms with Gasteiger partial charge in [0.15, 0.2) is 0 Å². The van der Waals surface area contributed by atoms with Gasteiger partial charge in [-0.25, -0.2) is 4.98 Å². The van der Waals surface area contributed by atoms with Gasteiger partial charge in [0.25, 0.3) is 0 Å². The largest absolute Gasteiger partial charge is 0.406 e. The van der Waals surface area contributed by atoms with Crippen molar-refractivity contribution in [3.05, 3.63) is 18.2 Å². The second kappa shape index (κ2) is 7.74. The molecule has 6 nitrogen and oxygen atoms in total. The Balaban J connectivity index is 1.55. The molecular weight excluding hydrogens is 337 g/mol. The Hall–Kier alpha value is -1.61. The first-order valence-corrected chi connectivity index (χ1v) is 8.58. The molecular formula is C16H23F3N4O2. The Morgan fingerprint density at radius 1 is 1.40 bits per heavy atom. The summed E-state index contributed by atoms with van der Waals surface area (Å²) in [7, 11) is 0. The van der Waals surface area contributed by atoms with Crippen LogP contribution in [0.25, 0.3) is 0 Å². The zero-order chi connectivity index (χ0) is 17.9. The summed E-state index contributed by atoms with van der Waals surface area (Å²) in [6.07, 6.45) is 1.88. The zero-order valence-electron chi connectivity index (χ0n) is 14.0. The molecule has 1 aliphatic carbocycles. The Kier molecular flexibility index (Phi) is 5.63. The number of nitrogens with one attached hydrogen (secondary N) is 1. The van der Waals surface area contributed by atoms with Crippen molar-refractivity contribution < 1.29 is 22.7 Å². The molecule has 1 aliphatic heterocycles. The highest BCUT2D eigenvalue weighted by Crippen LogP contribution is 2.28. The number of halogens is 3. The minimum Gasteiger partial charge on any atom is -0.378 e. The van der Waals surface area contributed by atoms with E-state index in [9.17, 15) is 18.0 Å². The first-order valence-electron chi connectivity index (χ1n) is 8.58. The van der Waals surface area contributed by atoms with E-state index in [0.717, 1.165) is 11.1 Å². The SMILES string of the molecule is O=C(NCc1nccn1CC(F)(F)F)C1COCCN1CC1CCC1. The molecule has 2 aliphatic rings. The van der Waals surface area contributed by atoms with Gasteiger partial charge < -0.3 is 14.6 Å². The fourth-order valence-corrected chi connectivity index (χ4v) is 3.23. The number of hydrogen-bond acceptors (Lipinski definition) is 4. The molecule has 1 atom stereocenters. The Morgan fingerprint density at radius 2 is 2.20 bits per heavy atom. The van der Waals surface area contributed by atoms with Crippen LogP contribution in [0.3, 0.4) is 0 Å². The summed E-state index contributed by atoms with van der Waals surface area (Å²) in [5.41, 5.74) is 0. The number of alkyl halides is 3. The maximum Gasteiger partial charge on any atom is 0.406 e. The quantitative estimate of drug-likeness (QED) is 0.837. The highest BCUT2D eigenvalue weighted by atomic mass is 19.4. The van der Waals surface area contributed by atoms with E-state index in [2.05, 4.69) is 15.2 Å². The van der Waals surface area contributed by atoms with Crippen LogP contribution in [-0.4, -0.2) is 58.9 Å². The minimum atomic E-state index is -4.32. The van der Waals surface area contributed by atoms with Crippen LogP contribution >= 0.6 is 0 Å². The van der Waals surface area contributed by atoms with Gasteiger partial charge in [-0.05, 0) is 18.8 Å². The molecule has 2 fully saturated rings. The number of carbonyl (C=O) groups is 1. The van der Waals surface area contributed by atoms with Crippen molar-refractivity contribution in [1.29, 1.82) is 0 Å². The van der Waals surface area contributed by atoms with Crippen molar-refractivity contribution in [2.75, 3.05) is 26.3 Å². The third kappa shape index (κ3) is 4.94. The van der Waals surface area contributed by atoms with Gasteiger partial charge in [-0.1, -0.05) is 6.42 Å². The number of morpholine rings is 1. The predicted molar refractivity (Wildman–Crippen MR) is 83.6 cm³/mol. The standard InChI is InChI=1S/C16H23F3N4O2/c17-16(18,19)11-23-5-4-20-14(23)8-21-15(24)13-10-25-7-6-22(13)9-12-2-1-3-12/h4-5,12-13H,1-3,6-11H2,(H,21,24). The van der Waals surface area contributed by atoms with Crippen molar-refractivity contribution in [2.24, 2.45) is 5.92 Å². The van der Waals surface area contributed by atoms with E-state index in [0.29, 0.717) is 25.7 Å². The predicted octanol–water partition coefficient (Wildman–Crippen LogP) is 1.56. The summed E-state index contributed by atoms with van der Waals surface area (Å²) in [6, 6.07) is -0.389. The molecule has 140 valence electrons. The van der Waals surface area contributed by atoms with Crippen LogP contribution in [0.5, 0.6) is 0 Å². The molecule has 1 saturated heterocycles. The molecule has 3 rings (SSSR count). The minimum absolute atomic E-state index is 0.0321. The summed E-state index contributed by atoms with van der Waals surface area (Å²) in [4.78, 5) is 18.5. The number of ether oxygens (including phenoxy) is 1. The molecule has 1 N–H and O–H groups in total. The molecule has 0 aromatic carbocycles. The van der Waals surface area contributed by atoms with Crippen molar-refractivity contribution in [1.82, 2.24) is 19.8 Å². The molecule has 1 unspecified atom stereocenters. The zero-order valence-corrected chi connectivity index (χ0v) is 14.0. The molecule has 0 bridgehead atoms. The van der Waals surface area contributed by atoms with E-state index in [1.807, 2.05) is 0 Å². The highest BCUT2D eigenvalue weighted by molar-refractivity contribution is 5.81. The summed E-state index contributed by atoms with van der Waals surface area (Å²) in [5.74, 6) is 0.604. The van der Waals surface area contributed by atoms with E-state index in [-0.39, 0.29) is 24.3 Å². The van der Waals surface area contributed by atoms with E-state index in [1.165, 1.54) is 31.7 Å². The smallest absolute Gasteiger partial charge is 0.378 e. The summed E-state index contributed by atoms with van der Waals surface area (Å²) in [6.45, 7) is 1.36. The number of imidazole rings is 1. The molecule has 2 heterocycles. The number of amides is 1. The first-order chi connectivity index (χ1) is 11.9. The lowest BCUT2D eigenvalue weighted by Crippen LogP contribution is -2.55. The second-order valence-electron chi connectivity index (χ2n) is 6.69. The fourth-order valence-electron chi connectivity index (χ4n) is 3.23. The van der Waals surface area contributed by atoms with Gasteiger partial charge in [0.1, 0.15) is 18.4 Å². The van der Waals surface area contributed by atoms with E-state index in [1.54, 1.807) is 0 Å². The van der Waals surface area contributed by atoms with Crippen molar-refractivity contribution in [2.45, 2.75) is 44.6 Å². The Labute approximate surface area is 144 Å². The maximum atomic E-state index is 12.5. The normalized spacial score (nSPS) is 22.6. The molecule has 1 amide bonds. The van der Waals surface area contributed by atoms with E-state index < -0.39 is 12.7 Å². The van der Waals surface area contributed by atoms with Crippen LogP contribution < -0.4 is 5.32 Å². The van der Waals surface area contributed by atoms with Gasteiger partial charge in [0.2, 0.25) is 5.91 Å². The van der Waals surface area contributed by atoms with Gasteiger partial charge >= 0.3 is 6.18 Å². The van der Waals surface area contributed by atoms with Crippen molar-refractivity contribution >= 4 is 5.91 Å². The third-order valence-electron chi connectivity index (χ3n) is 4.83. The van der Waals surface area contributed by atoms with E-state index in [4.69, 9.17) is 4.74 Å². The topological polar surface area (TPSA) is 59.4 Å². The lowest BCUT2D eigenvalue weighted by atomic mass is 9.84. The molecule has 0 radical (unpaired) electrons. The number of rotatable bonds is 6. The fraction of sp³-hybridized carbons (Fsp3) is 0.750. The summed E-state index contributed by atoms with van der Waals surface area (Å²) >= 11 is 0. The molecule has 1 saturated carbocycles. The van der Waals surface area contributed by atoms with Crippen LogP contribution in [-0.2, 0) is 22.6 Å². The molecule has 9 heteroatoms. The Morgan fingerprint density at radius 3 is 2.88 bits per heavy atom. The molecule has 0 spiro atoms. The van der Waals surface area contributed by atoms with Gasteiger partial charge in [-0.3, -0.25) is 9.69 Å². The number of hydrogen-bond donors (Lipinski definition) is 1. The van der Waals surface area contributed by atoms with Crippen LogP contribution in [0, 0.1) is 5.92 Å². The summed E-state index contributed by atoms with van der Waals surface area (Å²) < 4.78 is 44.0. The first kappa shape index (κ1) is 18.2. The molecule has 1 aromatic rings. The highest BCUT2D eigenvalue weighted by Gasteiger charge is 2.33. The monoisotopic (exact) mass is 360 g/mol. The van der Waals surface area contributed by atoms with Crippen molar-refractivity contribution in [3.8, 4) is 0 Å². The second-order valence-corrected chi connectivity index (χ2v) is 6.69.